The van der Waals surface area contributed by atoms with Crippen LogP contribution in [0, 0.1) is 5.82 Å². The number of hydrogen-bond acceptors (Lipinski definition) is 3. The Labute approximate surface area is 115 Å². The zero-order valence-electron chi connectivity index (χ0n) is 10.3. The minimum absolute atomic E-state index is 0.271. The van der Waals surface area contributed by atoms with Crippen molar-refractivity contribution in [1.82, 2.24) is 0 Å². The summed E-state index contributed by atoms with van der Waals surface area (Å²) in [5.41, 5.74) is 0.872. The van der Waals surface area contributed by atoms with E-state index in [1.54, 1.807) is 12.1 Å². The van der Waals surface area contributed by atoms with Gasteiger partial charge in [0.25, 0.3) is 0 Å². The van der Waals surface area contributed by atoms with E-state index in [9.17, 15) is 9.18 Å². The number of benzene rings is 1. The van der Waals surface area contributed by atoms with Gasteiger partial charge in [-0.25, -0.2) is 9.18 Å². The molecular weight excluding hydrogens is 267 g/mol. The van der Waals surface area contributed by atoms with Crippen LogP contribution >= 0.6 is 11.8 Å². The van der Waals surface area contributed by atoms with Gasteiger partial charge in [0.05, 0.1) is 5.69 Å². The molecule has 0 aromatic heterocycles. The second-order valence-corrected chi connectivity index (χ2v) is 6.00. The van der Waals surface area contributed by atoms with Gasteiger partial charge in [0.1, 0.15) is 5.82 Å². The van der Waals surface area contributed by atoms with Crippen LogP contribution in [0.15, 0.2) is 18.2 Å². The third-order valence-electron chi connectivity index (χ3n) is 3.72. The molecule has 1 aromatic carbocycles. The highest BCUT2D eigenvalue weighted by Gasteiger charge is 2.38. The molecular formula is C13H15FN2O2S. The number of amides is 1. The molecule has 2 saturated heterocycles. The van der Waals surface area contributed by atoms with Crippen LogP contribution < -0.4 is 10.2 Å². The highest BCUT2D eigenvalue weighted by atomic mass is 32.2. The molecule has 0 radical (unpaired) electrons. The average molecular weight is 282 g/mol. The number of anilines is 2. The Morgan fingerprint density at radius 3 is 2.63 bits per heavy atom. The Hall–Kier alpha value is -1.43. The molecule has 2 bridgehead atoms. The van der Waals surface area contributed by atoms with Gasteiger partial charge in [-0.05, 0) is 31.0 Å². The van der Waals surface area contributed by atoms with E-state index in [0.717, 1.165) is 24.3 Å². The maximum Gasteiger partial charge on any atom is 0.409 e. The SMILES string of the molecule is O=C(O)Nc1ccc(N2C3CCC2CSC3)c(F)c1. The molecule has 2 fully saturated rings. The number of carboxylic acid groups (broad SMARTS) is 1. The van der Waals surface area contributed by atoms with Gasteiger partial charge in [0, 0.05) is 29.3 Å². The van der Waals surface area contributed by atoms with E-state index in [4.69, 9.17) is 5.11 Å². The molecule has 4 nitrogen and oxygen atoms in total. The number of nitrogens with one attached hydrogen (secondary N) is 1. The summed E-state index contributed by atoms with van der Waals surface area (Å²) >= 11 is 1.94. The van der Waals surface area contributed by atoms with E-state index in [2.05, 4.69) is 10.2 Å². The molecule has 0 aliphatic carbocycles. The van der Waals surface area contributed by atoms with Crippen molar-refractivity contribution in [1.29, 1.82) is 0 Å². The molecule has 19 heavy (non-hydrogen) atoms. The summed E-state index contributed by atoms with van der Waals surface area (Å²) in [5.74, 6) is 1.74. The van der Waals surface area contributed by atoms with Gasteiger partial charge >= 0.3 is 6.09 Å². The molecule has 3 rings (SSSR count). The summed E-state index contributed by atoms with van der Waals surface area (Å²) in [6.07, 6.45) is 1.06. The van der Waals surface area contributed by atoms with E-state index in [1.807, 2.05) is 11.8 Å². The number of fused-ring (bicyclic) bond motifs is 2. The summed E-state index contributed by atoms with van der Waals surface area (Å²) in [6.45, 7) is 0. The maximum absolute atomic E-state index is 14.2. The predicted octanol–water partition coefficient (Wildman–Crippen LogP) is 3.00. The van der Waals surface area contributed by atoms with Crippen molar-refractivity contribution in [3.8, 4) is 0 Å². The number of halogens is 1. The van der Waals surface area contributed by atoms with E-state index in [-0.39, 0.29) is 11.5 Å². The van der Waals surface area contributed by atoms with Crippen LogP contribution in [0.2, 0.25) is 0 Å². The third-order valence-corrected chi connectivity index (χ3v) is 4.96. The van der Waals surface area contributed by atoms with Gasteiger partial charge in [-0.3, -0.25) is 5.32 Å². The first-order valence-electron chi connectivity index (χ1n) is 6.31. The van der Waals surface area contributed by atoms with Gasteiger partial charge < -0.3 is 10.0 Å². The monoisotopic (exact) mass is 282 g/mol. The third kappa shape index (κ3) is 2.36. The number of hydrogen-bond donors (Lipinski definition) is 2. The Balaban J connectivity index is 1.87. The average Bonchev–Trinajstić information content (AvgIpc) is 2.59. The van der Waals surface area contributed by atoms with Crippen molar-refractivity contribution in [2.45, 2.75) is 24.9 Å². The Morgan fingerprint density at radius 1 is 1.37 bits per heavy atom. The minimum Gasteiger partial charge on any atom is -0.465 e. The quantitative estimate of drug-likeness (QED) is 0.875. The van der Waals surface area contributed by atoms with Crippen molar-refractivity contribution < 1.29 is 14.3 Å². The molecule has 1 aromatic rings. The lowest BCUT2D eigenvalue weighted by Gasteiger charge is -2.36. The molecule has 0 saturated carbocycles. The van der Waals surface area contributed by atoms with E-state index >= 15 is 0 Å². The van der Waals surface area contributed by atoms with Crippen molar-refractivity contribution in [2.75, 3.05) is 21.7 Å². The van der Waals surface area contributed by atoms with Crippen molar-refractivity contribution in [3.05, 3.63) is 24.0 Å². The fourth-order valence-corrected chi connectivity index (χ4v) is 4.27. The fraction of sp³-hybridized carbons (Fsp3) is 0.462. The second kappa shape index (κ2) is 4.92. The standard InChI is InChI=1S/C13H15FN2O2S/c14-11-5-8(15-13(17)18)1-4-12(11)16-9-2-3-10(16)7-19-6-9/h1,4-5,9-10,15H,2-3,6-7H2,(H,17,18). The summed E-state index contributed by atoms with van der Waals surface area (Å²) in [7, 11) is 0. The molecule has 6 heteroatoms. The molecule has 2 unspecified atom stereocenters. The van der Waals surface area contributed by atoms with Crippen LogP contribution in [0.4, 0.5) is 20.6 Å². The van der Waals surface area contributed by atoms with Crippen molar-refractivity contribution in [3.63, 3.8) is 0 Å². The van der Waals surface area contributed by atoms with Gasteiger partial charge in [-0.15, -0.1) is 0 Å². The molecule has 2 N–H and O–H groups in total. The molecule has 1 amide bonds. The molecule has 2 atom stereocenters. The number of rotatable bonds is 2. The van der Waals surface area contributed by atoms with Crippen LogP contribution in [0.3, 0.4) is 0 Å². The van der Waals surface area contributed by atoms with Gasteiger partial charge in [-0.1, -0.05) is 0 Å². The van der Waals surface area contributed by atoms with Crippen LogP contribution in [-0.2, 0) is 0 Å². The number of nitrogens with zero attached hydrogens (tertiary/aromatic N) is 1. The lowest BCUT2D eigenvalue weighted by atomic mass is 10.2. The van der Waals surface area contributed by atoms with Crippen molar-refractivity contribution >= 4 is 29.2 Å². The maximum atomic E-state index is 14.2. The summed E-state index contributed by atoms with van der Waals surface area (Å²) in [6, 6.07) is 5.38. The smallest absolute Gasteiger partial charge is 0.409 e. The predicted molar refractivity (Wildman–Crippen MR) is 74.7 cm³/mol. The summed E-state index contributed by atoms with van der Waals surface area (Å²) in [5, 5.41) is 10.8. The van der Waals surface area contributed by atoms with Gasteiger partial charge in [0.15, 0.2) is 0 Å². The molecule has 2 heterocycles. The van der Waals surface area contributed by atoms with Gasteiger partial charge in [-0.2, -0.15) is 11.8 Å². The number of thioether (sulfide) groups is 1. The highest BCUT2D eigenvalue weighted by Crippen LogP contribution is 2.39. The number of carbonyl (C=O) groups is 1. The summed E-state index contributed by atoms with van der Waals surface area (Å²) in [4.78, 5) is 12.7. The lowest BCUT2D eigenvalue weighted by Crippen LogP contribution is -2.43. The minimum atomic E-state index is -1.18. The molecule has 2 aliphatic heterocycles. The first-order chi connectivity index (χ1) is 9.15. The van der Waals surface area contributed by atoms with Crippen LogP contribution in [0.25, 0.3) is 0 Å². The van der Waals surface area contributed by atoms with E-state index in [0.29, 0.717) is 17.8 Å². The molecule has 0 spiro atoms. The van der Waals surface area contributed by atoms with Gasteiger partial charge in [0.2, 0.25) is 0 Å². The Morgan fingerprint density at radius 2 is 2.05 bits per heavy atom. The zero-order chi connectivity index (χ0) is 13.4. The normalized spacial score (nSPS) is 25.4. The van der Waals surface area contributed by atoms with Crippen LogP contribution in [0.5, 0.6) is 0 Å². The fourth-order valence-electron chi connectivity index (χ4n) is 2.94. The largest absolute Gasteiger partial charge is 0.465 e. The van der Waals surface area contributed by atoms with Crippen molar-refractivity contribution in [2.24, 2.45) is 0 Å². The molecule has 102 valence electrons. The topological polar surface area (TPSA) is 52.6 Å². The first kappa shape index (κ1) is 12.6. The zero-order valence-corrected chi connectivity index (χ0v) is 11.1. The Kier molecular flexibility index (Phi) is 3.26. The summed E-state index contributed by atoms with van der Waals surface area (Å²) < 4.78 is 14.2. The molecule has 2 aliphatic rings. The van der Waals surface area contributed by atoms with Crippen LogP contribution in [-0.4, -0.2) is 34.8 Å². The highest BCUT2D eigenvalue weighted by molar-refractivity contribution is 7.99. The second-order valence-electron chi connectivity index (χ2n) is 4.93. The lowest BCUT2D eigenvalue weighted by molar-refractivity contribution is 0.209. The van der Waals surface area contributed by atoms with E-state index in [1.165, 1.54) is 6.07 Å². The van der Waals surface area contributed by atoms with Crippen LogP contribution in [0.1, 0.15) is 12.8 Å². The van der Waals surface area contributed by atoms with E-state index < -0.39 is 6.09 Å². The first-order valence-corrected chi connectivity index (χ1v) is 7.46. The Bertz CT molecular complexity index is 495.